The Kier molecular flexibility index (Phi) is 6.92. The number of nitrogens with one attached hydrogen (secondary N) is 1. The van der Waals surface area contributed by atoms with Gasteiger partial charge in [0.15, 0.2) is 5.69 Å². The molecular weight excluding hydrogens is 500 g/mol. The van der Waals surface area contributed by atoms with Gasteiger partial charge in [0.2, 0.25) is 0 Å². The highest BCUT2D eigenvalue weighted by Crippen LogP contribution is 2.35. The Morgan fingerprint density at radius 1 is 1.08 bits per heavy atom. The monoisotopic (exact) mass is 521 g/mol. The highest BCUT2D eigenvalue weighted by atomic mass is 35.5. The number of hydrogen-bond donors (Lipinski definition) is 1. The maximum atomic E-state index is 13.5. The zero-order valence-corrected chi connectivity index (χ0v) is 20.9. The summed E-state index contributed by atoms with van der Waals surface area (Å²) in [6, 6.07) is 20.7. The Morgan fingerprint density at radius 2 is 1.83 bits per heavy atom. The summed E-state index contributed by atoms with van der Waals surface area (Å²) in [6.07, 6.45) is 1.90. The highest BCUT2D eigenvalue weighted by Gasteiger charge is 2.30. The summed E-state index contributed by atoms with van der Waals surface area (Å²) in [5.74, 6) is -0.639. The van der Waals surface area contributed by atoms with Crippen LogP contribution in [0.1, 0.15) is 45.8 Å². The lowest BCUT2D eigenvalue weighted by molar-refractivity contribution is 0.0926. The smallest absolute Gasteiger partial charge is 0.272 e. The third kappa shape index (κ3) is 4.93. The SMILES string of the molecule is C[C@@H](NC(=O)c1nn(-c2ccc(Cl)cc2Cl)c2c1COCC2=Cc1ccc(F)cc1)c1ccccc1. The van der Waals surface area contributed by atoms with Crippen molar-refractivity contribution in [2.24, 2.45) is 0 Å². The van der Waals surface area contributed by atoms with Crippen LogP contribution in [0.3, 0.4) is 0 Å². The van der Waals surface area contributed by atoms with E-state index in [9.17, 15) is 9.18 Å². The van der Waals surface area contributed by atoms with Gasteiger partial charge in [-0.3, -0.25) is 4.79 Å². The van der Waals surface area contributed by atoms with E-state index < -0.39 is 0 Å². The minimum atomic E-state index is -0.321. The van der Waals surface area contributed by atoms with E-state index in [4.69, 9.17) is 33.0 Å². The molecule has 0 spiro atoms. The van der Waals surface area contributed by atoms with Crippen molar-refractivity contribution in [2.45, 2.75) is 19.6 Å². The normalized spacial score (nSPS) is 14.9. The Balaban J connectivity index is 1.61. The van der Waals surface area contributed by atoms with E-state index in [1.54, 1.807) is 35.0 Å². The van der Waals surface area contributed by atoms with Crippen LogP contribution in [-0.2, 0) is 11.3 Å². The molecule has 1 aromatic heterocycles. The van der Waals surface area contributed by atoms with Crippen LogP contribution in [0.4, 0.5) is 4.39 Å². The lowest BCUT2D eigenvalue weighted by Gasteiger charge is -2.20. The average molecular weight is 522 g/mol. The quantitative estimate of drug-likeness (QED) is 0.311. The molecule has 0 unspecified atom stereocenters. The van der Waals surface area contributed by atoms with E-state index in [2.05, 4.69) is 5.32 Å². The van der Waals surface area contributed by atoms with Crippen molar-refractivity contribution in [3.8, 4) is 5.69 Å². The van der Waals surface area contributed by atoms with Crippen LogP contribution >= 0.6 is 23.2 Å². The molecule has 4 aromatic rings. The van der Waals surface area contributed by atoms with Gasteiger partial charge in [0, 0.05) is 16.2 Å². The summed E-state index contributed by atoms with van der Waals surface area (Å²) >= 11 is 12.7. The second kappa shape index (κ2) is 10.3. The molecule has 1 atom stereocenters. The molecule has 5 nitrogen and oxygen atoms in total. The van der Waals surface area contributed by atoms with E-state index in [0.29, 0.717) is 33.6 Å². The number of benzene rings is 3. The molecule has 1 aliphatic rings. The van der Waals surface area contributed by atoms with Crippen molar-refractivity contribution in [2.75, 3.05) is 6.61 Å². The first-order valence-corrected chi connectivity index (χ1v) is 12.1. The maximum Gasteiger partial charge on any atom is 0.272 e. The molecule has 1 amide bonds. The van der Waals surface area contributed by atoms with Crippen LogP contribution < -0.4 is 5.32 Å². The zero-order chi connectivity index (χ0) is 25.2. The number of carbonyl (C=O) groups is 1. The van der Waals surface area contributed by atoms with Gasteiger partial charge in [-0.25, -0.2) is 9.07 Å². The van der Waals surface area contributed by atoms with Crippen molar-refractivity contribution in [3.63, 3.8) is 0 Å². The molecule has 3 aromatic carbocycles. The third-order valence-corrected chi connectivity index (χ3v) is 6.54. The summed E-state index contributed by atoms with van der Waals surface area (Å²) in [4.78, 5) is 13.4. The Labute approximate surface area is 218 Å². The summed E-state index contributed by atoms with van der Waals surface area (Å²) < 4.78 is 21.0. The number of halogens is 3. The zero-order valence-electron chi connectivity index (χ0n) is 19.3. The van der Waals surface area contributed by atoms with Crippen LogP contribution in [0.5, 0.6) is 0 Å². The molecule has 2 heterocycles. The lowest BCUT2D eigenvalue weighted by atomic mass is 10.0. The van der Waals surface area contributed by atoms with E-state index in [1.807, 2.05) is 43.3 Å². The van der Waals surface area contributed by atoms with Crippen molar-refractivity contribution >= 4 is 40.8 Å². The third-order valence-electron chi connectivity index (χ3n) is 6.00. The number of rotatable bonds is 5. The molecule has 0 saturated carbocycles. The summed E-state index contributed by atoms with van der Waals surface area (Å²) in [6.45, 7) is 2.43. The van der Waals surface area contributed by atoms with E-state index in [1.165, 1.54) is 12.1 Å². The maximum absolute atomic E-state index is 13.5. The molecule has 0 fully saturated rings. The molecule has 1 N–H and O–H groups in total. The molecule has 0 aliphatic carbocycles. The molecule has 0 radical (unpaired) electrons. The molecule has 0 bridgehead atoms. The number of aromatic nitrogens is 2. The molecule has 5 rings (SSSR count). The predicted octanol–water partition coefficient (Wildman–Crippen LogP) is 6.88. The Hall–Kier alpha value is -3.45. The van der Waals surface area contributed by atoms with Gasteiger partial charge in [0.25, 0.3) is 5.91 Å². The van der Waals surface area contributed by atoms with E-state index in [-0.39, 0.29) is 30.1 Å². The van der Waals surface area contributed by atoms with Gasteiger partial charge in [-0.05, 0) is 54.5 Å². The standard InChI is InChI=1S/C28H22Cl2FN3O2/c1-17(19-5-3-2-4-6-19)32-28(35)26-23-16-36-15-20(13-18-7-10-22(31)11-8-18)27(23)34(33-26)25-12-9-21(29)14-24(25)30/h2-14,17H,15-16H2,1H3,(H,32,35)/t17-/m1/s1. The van der Waals surface area contributed by atoms with Gasteiger partial charge in [0.1, 0.15) is 5.82 Å². The van der Waals surface area contributed by atoms with Crippen LogP contribution in [0.25, 0.3) is 17.3 Å². The van der Waals surface area contributed by atoms with Crippen molar-refractivity contribution < 1.29 is 13.9 Å². The Morgan fingerprint density at radius 3 is 2.56 bits per heavy atom. The first-order chi connectivity index (χ1) is 17.4. The minimum Gasteiger partial charge on any atom is -0.372 e. The van der Waals surface area contributed by atoms with Gasteiger partial charge in [-0.2, -0.15) is 5.10 Å². The van der Waals surface area contributed by atoms with Crippen molar-refractivity contribution in [3.05, 3.63) is 117 Å². The largest absolute Gasteiger partial charge is 0.372 e. The molecular formula is C28H22Cl2FN3O2. The van der Waals surface area contributed by atoms with Gasteiger partial charge >= 0.3 is 0 Å². The fourth-order valence-corrected chi connectivity index (χ4v) is 4.71. The first-order valence-electron chi connectivity index (χ1n) is 11.4. The Bertz CT molecular complexity index is 1450. The van der Waals surface area contributed by atoms with E-state index >= 15 is 0 Å². The van der Waals surface area contributed by atoms with Gasteiger partial charge < -0.3 is 10.1 Å². The fourth-order valence-electron chi connectivity index (χ4n) is 4.22. The summed E-state index contributed by atoms with van der Waals surface area (Å²) in [5.41, 5.74) is 4.76. The van der Waals surface area contributed by atoms with Crippen LogP contribution in [-0.4, -0.2) is 22.3 Å². The molecule has 0 saturated heterocycles. The topological polar surface area (TPSA) is 56.2 Å². The molecule has 182 valence electrons. The van der Waals surface area contributed by atoms with Crippen molar-refractivity contribution in [1.82, 2.24) is 15.1 Å². The molecule has 36 heavy (non-hydrogen) atoms. The predicted molar refractivity (Wildman–Crippen MR) is 140 cm³/mol. The van der Waals surface area contributed by atoms with Gasteiger partial charge in [-0.1, -0.05) is 65.7 Å². The summed E-state index contributed by atoms with van der Waals surface area (Å²) in [7, 11) is 0. The van der Waals surface area contributed by atoms with Gasteiger partial charge in [0.05, 0.1) is 35.7 Å². The number of amides is 1. The number of nitrogens with zero attached hydrogens (tertiary/aromatic N) is 2. The molecule has 1 aliphatic heterocycles. The van der Waals surface area contributed by atoms with Crippen LogP contribution in [0, 0.1) is 5.82 Å². The van der Waals surface area contributed by atoms with Crippen LogP contribution in [0.15, 0.2) is 72.8 Å². The fraction of sp³-hybridized carbons (Fsp3) is 0.143. The number of hydrogen-bond acceptors (Lipinski definition) is 3. The lowest BCUT2D eigenvalue weighted by Crippen LogP contribution is -2.28. The average Bonchev–Trinajstić information content (AvgIpc) is 3.26. The molecule has 8 heteroatoms. The van der Waals surface area contributed by atoms with Crippen LogP contribution in [0.2, 0.25) is 10.0 Å². The second-order valence-corrected chi connectivity index (χ2v) is 9.35. The van der Waals surface area contributed by atoms with E-state index in [0.717, 1.165) is 16.7 Å². The number of fused-ring (bicyclic) bond motifs is 1. The number of carbonyl (C=O) groups excluding carboxylic acids is 1. The van der Waals surface area contributed by atoms with Gasteiger partial charge in [-0.15, -0.1) is 0 Å². The first kappa shape index (κ1) is 24.3. The van der Waals surface area contributed by atoms with Crippen molar-refractivity contribution in [1.29, 1.82) is 0 Å². The highest BCUT2D eigenvalue weighted by molar-refractivity contribution is 6.35. The summed E-state index contributed by atoms with van der Waals surface area (Å²) in [5, 5.41) is 8.62. The minimum absolute atomic E-state index is 0.212. The second-order valence-electron chi connectivity index (χ2n) is 8.50. The number of ether oxygens (including phenoxy) is 1.